The highest BCUT2D eigenvalue weighted by molar-refractivity contribution is 7.99. The molecule has 3 aromatic rings. The van der Waals surface area contributed by atoms with Gasteiger partial charge in [0.25, 0.3) is 11.8 Å². The van der Waals surface area contributed by atoms with E-state index in [1.807, 2.05) is 61.5 Å². The van der Waals surface area contributed by atoms with Gasteiger partial charge in [-0.15, -0.1) is 11.8 Å². The Bertz CT molecular complexity index is 1020. The minimum Gasteiger partial charge on any atom is -0.348 e. The number of carbonyl (C=O) groups excluding carboxylic acids is 2. The third-order valence-corrected chi connectivity index (χ3v) is 5.87. The van der Waals surface area contributed by atoms with Crippen LogP contribution >= 0.6 is 11.8 Å². The summed E-state index contributed by atoms with van der Waals surface area (Å²) < 4.78 is 0. The van der Waals surface area contributed by atoms with E-state index in [4.69, 9.17) is 0 Å². The topological polar surface area (TPSA) is 58.2 Å². The van der Waals surface area contributed by atoms with Gasteiger partial charge in [0.1, 0.15) is 0 Å². The average Bonchev–Trinajstić information content (AvgIpc) is 2.77. The fourth-order valence-electron chi connectivity index (χ4n) is 2.96. The van der Waals surface area contributed by atoms with Crippen LogP contribution in [0.25, 0.3) is 0 Å². The first-order valence-corrected chi connectivity index (χ1v) is 11.0. The lowest BCUT2D eigenvalue weighted by Gasteiger charge is -2.13. The van der Waals surface area contributed by atoms with Crippen molar-refractivity contribution in [1.29, 1.82) is 0 Å². The van der Waals surface area contributed by atoms with E-state index in [2.05, 4.69) is 17.6 Å². The van der Waals surface area contributed by atoms with Crippen LogP contribution in [-0.2, 0) is 6.54 Å². The number of nitrogens with one attached hydrogen (secondary N) is 2. The van der Waals surface area contributed by atoms with Gasteiger partial charge in [-0.05, 0) is 48.9 Å². The van der Waals surface area contributed by atoms with Gasteiger partial charge in [-0.2, -0.15) is 0 Å². The molecule has 0 spiro atoms. The van der Waals surface area contributed by atoms with Crippen molar-refractivity contribution in [3.05, 3.63) is 95.1 Å². The van der Waals surface area contributed by atoms with Crippen LogP contribution in [0.1, 0.15) is 45.2 Å². The van der Waals surface area contributed by atoms with Crippen molar-refractivity contribution in [2.45, 2.75) is 31.7 Å². The monoisotopic (exact) mass is 418 g/mol. The molecule has 0 saturated carbocycles. The molecule has 0 aromatic heterocycles. The smallest absolute Gasteiger partial charge is 0.256 e. The highest BCUT2D eigenvalue weighted by Gasteiger charge is 2.16. The Hall–Kier alpha value is -3.05. The molecule has 3 rings (SSSR count). The highest BCUT2D eigenvalue weighted by Crippen LogP contribution is 2.25. The van der Waals surface area contributed by atoms with Crippen molar-refractivity contribution in [2.75, 3.05) is 11.1 Å². The second-order valence-electron chi connectivity index (χ2n) is 7.01. The van der Waals surface area contributed by atoms with E-state index >= 15 is 0 Å². The Kier molecular flexibility index (Phi) is 7.69. The zero-order chi connectivity index (χ0) is 21.3. The first kappa shape index (κ1) is 21.7. The summed E-state index contributed by atoms with van der Waals surface area (Å²) in [5.74, 6) is 0.510. The van der Waals surface area contributed by atoms with Gasteiger partial charge in [-0.25, -0.2) is 0 Å². The third kappa shape index (κ3) is 5.74. The molecule has 2 amide bonds. The number of thioether (sulfide) groups is 1. The Labute approximate surface area is 182 Å². The van der Waals surface area contributed by atoms with E-state index in [-0.39, 0.29) is 11.8 Å². The summed E-state index contributed by atoms with van der Waals surface area (Å²) >= 11 is 1.66. The molecule has 0 aliphatic carbocycles. The van der Waals surface area contributed by atoms with Crippen molar-refractivity contribution < 1.29 is 9.59 Å². The zero-order valence-corrected chi connectivity index (χ0v) is 18.1. The molecular weight excluding hydrogens is 392 g/mol. The van der Waals surface area contributed by atoms with Gasteiger partial charge in [-0.3, -0.25) is 9.59 Å². The minimum atomic E-state index is -0.222. The van der Waals surface area contributed by atoms with Crippen molar-refractivity contribution in [3.63, 3.8) is 0 Å². The Balaban J connectivity index is 1.73. The molecule has 4 nitrogen and oxygen atoms in total. The SMILES string of the molecule is CCCSc1ccccc1C(=O)Nc1ccccc1C(=O)NCc1ccc(C)cc1. The molecule has 0 fully saturated rings. The number of amides is 2. The van der Waals surface area contributed by atoms with E-state index < -0.39 is 0 Å². The molecule has 0 radical (unpaired) electrons. The first-order chi connectivity index (χ1) is 14.6. The summed E-state index contributed by atoms with van der Waals surface area (Å²) in [6.07, 6.45) is 1.03. The van der Waals surface area contributed by atoms with E-state index in [1.165, 1.54) is 5.56 Å². The lowest BCUT2D eigenvalue weighted by Crippen LogP contribution is -2.25. The van der Waals surface area contributed by atoms with Crippen LogP contribution in [0.2, 0.25) is 0 Å². The van der Waals surface area contributed by atoms with Crippen LogP contribution in [0, 0.1) is 6.92 Å². The van der Waals surface area contributed by atoms with Crippen LogP contribution < -0.4 is 10.6 Å². The predicted octanol–water partition coefficient (Wildman–Crippen LogP) is 5.68. The number of hydrogen-bond acceptors (Lipinski definition) is 3. The number of carbonyl (C=O) groups is 2. The van der Waals surface area contributed by atoms with Gasteiger partial charge in [0.2, 0.25) is 0 Å². The van der Waals surface area contributed by atoms with E-state index in [0.717, 1.165) is 22.6 Å². The van der Waals surface area contributed by atoms with E-state index in [9.17, 15) is 9.59 Å². The molecule has 0 heterocycles. The summed E-state index contributed by atoms with van der Waals surface area (Å²) in [6.45, 7) is 4.57. The highest BCUT2D eigenvalue weighted by atomic mass is 32.2. The van der Waals surface area contributed by atoms with Gasteiger partial charge in [-0.1, -0.05) is 61.0 Å². The molecular formula is C25H26N2O2S. The molecule has 0 atom stereocenters. The van der Waals surface area contributed by atoms with Gasteiger partial charge < -0.3 is 10.6 Å². The molecule has 3 aromatic carbocycles. The maximum Gasteiger partial charge on any atom is 0.256 e. The Morgan fingerprint density at radius 3 is 2.23 bits per heavy atom. The number of anilines is 1. The standard InChI is InChI=1S/C25H26N2O2S/c1-3-16-30-23-11-7-5-9-21(23)25(29)27-22-10-6-4-8-20(22)24(28)26-17-19-14-12-18(2)13-15-19/h4-15H,3,16-17H2,1-2H3,(H,26,28)(H,27,29). The Morgan fingerprint density at radius 1 is 0.833 bits per heavy atom. The molecule has 154 valence electrons. The number of benzene rings is 3. The summed E-state index contributed by atoms with van der Waals surface area (Å²) in [6, 6.07) is 22.6. The summed E-state index contributed by atoms with van der Waals surface area (Å²) in [5, 5.41) is 5.85. The normalized spacial score (nSPS) is 10.5. The minimum absolute atomic E-state index is 0.215. The molecule has 0 aliphatic heterocycles. The van der Waals surface area contributed by atoms with Crippen LogP contribution in [0.15, 0.2) is 77.7 Å². The van der Waals surface area contributed by atoms with E-state index in [1.54, 1.807) is 30.0 Å². The fraction of sp³-hybridized carbons (Fsp3) is 0.200. The zero-order valence-electron chi connectivity index (χ0n) is 17.3. The van der Waals surface area contributed by atoms with Crippen molar-refractivity contribution in [3.8, 4) is 0 Å². The van der Waals surface area contributed by atoms with Crippen LogP contribution in [0.4, 0.5) is 5.69 Å². The van der Waals surface area contributed by atoms with Crippen molar-refractivity contribution in [2.24, 2.45) is 0 Å². The molecule has 0 saturated heterocycles. The maximum atomic E-state index is 12.9. The van der Waals surface area contributed by atoms with Crippen LogP contribution in [0.5, 0.6) is 0 Å². The molecule has 0 unspecified atom stereocenters. The van der Waals surface area contributed by atoms with Crippen molar-refractivity contribution in [1.82, 2.24) is 5.32 Å². The number of rotatable bonds is 8. The van der Waals surface area contributed by atoms with Gasteiger partial charge in [0, 0.05) is 11.4 Å². The number of hydrogen-bond donors (Lipinski definition) is 2. The van der Waals surface area contributed by atoms with Gasteiger partial charge >= 0.3 is 0 Å². The van der Waals surface area contributed by atoms with Gasteiger partial charge in [0.05, 0.1) is 16.8 Å². The fourth-order valence-corrected chi connectivity index (χ4v) is 3.87. The molecule has 30 heavy (non-hydrogen) atoms. The molecule has 0 bridgehead atoms. The largest absolute Gasteiger partial charge is 0.348 e. The second kappa shape index (κ2) is 10.6. The molecule has 0 aliphatic rings. The summed E-state index contributed by atoms with van der Waals surface area (Å²) in [4.78, 5) is 26.6. The van der Waals surface area contributed by atoms with Crippen molar-refractivity contribution >= 4 is 29.3 Å². The number of aryl methyl sites for hydroxylation is 1. The third-order valence-electron chi connectivity index (χ3n) is 4.59. The Morgan fingerprint density at radius 2 is 1.50 bits per heavy atom. The average molecular weight is 419 g/mol. The predicted molar refractivity (Wildman–Crippen MR) is 124 cm³/mol. The van der Waals surface area contributed by atoms with Crippen LogP contribution in [-0.4, -0.2) is 17.6 Å². The second-order valence-corrected chi connectivity index (χ2v) is 8.15. The lowest BCUT2D eigenvalue weighted by molar-refractivity contribution is 0.0952. The lowest BCUT2D eigenvalue weighted by atomic mass is 10.1. The van der Waals surface area contributed by atoms with Crippen LogP contribution in [0.3, 0.4) is 0 Å². The van der Waals surface area contributed by atoms with E-state index in [0.29, 0.717) is 23.4 Å². The molecule has 2 N–H and O–H groups in total. The quantitative estimate of drug-likeness (QED) is 0.463. The van der Waals surface area contributed by atoms with Gasteiger partial charge in [0.15, 0.2) is 0 Å². The maximum absolute atomic E-state index is 12.9. The number of para-hydroxylation sites is 1. The summed E-state index contributed by atoms with van der Waals surface area (Å²) in [5.41, 5.74) is 3.76. The first-order valence-electron chi connectivity index (χ1n) is 10.0. The summed E-state index contributed by atoms with van der Waals surface area (Å²) in [7, 11) is 0. The molecule has 5 heteroatoms.